The Bertz CT molecular complexity index is 1300. The van der Waals surface area contributed by atoms with Crippen molar-refractivity contribution in [2.45, 2.75) is 64.3 Å². The molecule has 3 heteroatoms. The largest absolute Gasteiger partial charge is 0.365 e. The molecule has 36 heavy (non-hydrogen) atoms. The second-order valence-electron chi connectivity index (χ2n) is 11.5. The first kappa shape index (κ1) is 25.0. The molecule has 5 rings (SSSR count). The van der Waals surface area contributed by atoms with E-state index >= 15 is 0 Å². The van der Waals surface area contributed by atoms with Crippen molar-refractivity contribution in [2.75, 3.05) is 19.0 Å². The SMILES string of the molecule is C=CC1(C)C2=CCCC=C2N(C)/C1=C/C=C1\CCC(/C=C/C2(C)N(C)c3ccccc3C2(C)C)=C1Cl. The lowest BCUT2D eigenvalue weighted by Gasteiger charge is -2.41. The molecule has 0 amide bonds. The first-order valence-corrected chi connectivity index (χ1v) is 13.6. The topological polar surface area (TPSA) is 6.48 Å². The van der Waals surface area contributed by atoms with Gasteiger partial charge in [-0.3, -0.25) is 0 Å². The standard InChI is InChI=1S/C33H39ClN2/c1-8-32(4)26-14-10-11-15-27(26)35(6)29(32)20-19-23-17-18-24(30(23)34)21-22-33(5)31(2,3)25-13-9-12-16-28(25)36(33)7/h8-9,12-16,19-22H,1,10-11,17-18H2,2-7H3/b22-21+,23-19+,29-20+. The number of para-hydroxylation sites is 1. The Morgan fingerprint density at radius 1 is 0.972 bits per heavy atom. The van der Waals surface area contributed by atoms with Gasteiger partial charge in [0.2, 0.25) is 0 Å². The van der Waals surface area contributed by atoms with Gasteiger partial charge < -0.3 is 9.80 Å². The Morgan fingerprint density at radius 2 is 1.69 bits per heavy atom. The molecule has 1 aromatic rings. The molecule has 2 nitrogen and oxygen atoms in total. The summed E-state index contributed by atoms with van der Waals surface area (Å²) in [4.78, 5) is 4.74. The summed E-state index contributed by atoms with van der Waals surface area (Å²) in [5, 5.41) is 0.902. The lowest BCUT2D eigenvalue weighted by atomic mass is 9.71. The van der Waals surface area contributed by atoms with Crippen LogP contribution in [-0.2, 0) is 5.41 Å². The van der Waals surface area contributed by atoms with Crippen LogP contribution in [0.4, 0.5) is 5.69 Å². The molecule has 0 bridgehead atoms. The number of rotatable bonds is 4. The van der Waals surface area contributed by atoms with Crippen molar-refractivity contribution >= 4 is 17.3 Å². The van der Waals surface area contributed by atoms with Crippen LogP contribution >= 0.6 is 11.6 Å². The fourth-order valence-corrected chi connectivity index (χ4v) is 6.90. The molecule has 1 saturated heterocycles. The highest BCUT2D eigenvalue weighted by atomic mass is 35.5. The third-order valence-electron chi connectivity index (χ3n) is 9.53. The maximum Gasteiger partial charge on any atom is 0.0648 e. The van der Waals surface area contributed by atoms with Crippen LogP contribution in [0.3, 0.4) is 0 Å². The van der Waals surface area contributed by atoms with Gasteiger partial charge in [-0.15, -0.1) is 6.58 Å². The van der Waals surface area contributed by atoms with E-state index in [-0.39, 0.29) is 16.4 Å². The maximum atomic E-state index is 6.98. The quantitative estimate of drug-likeness (QED) is 0.383. The minimum Gasteiger partial charge on any atom is -0.365 e. The van der Waals surface area contributed by atoms with Crippen molar-refractivity contribution in [1.82, 2.24) is 4.90 Å². The molecule has 188 valence electrons. The van der Waals surface area contributed by atoms with Crippen molar-refractivity contribution in [1.29, 1.82) is 0 Å². The molecule has 0 N–H and O–H groups in total. The highest BCUT2D eigenvalue weighted by Gasteiger charge is 2.50. The van der Waals surface area contributed by atoms with E-state index in [0.717, 1.165) is 30.7 Å². The molecule has 0 spiro atoms. The van der Waals surface area contributed by atoms with Gasteiger partial charge in [-0.1, -0.05) is 80.1 Å². The number of anilines is 1. The molecule has 2 atom stereocenters. The maximum absolute atomic E-state index is 6.98. The predicted octanol–water partition coefficient (Wildman–Crippen LogP) is 8.57. The summed E-state index contributed by atoms with van der Waals surface area (Å²) >= 11 is 6.98. The van der Waals surface area contributed by atoms with Crippen molar-refractivity contribution in [2.24, 2.45) is 5.41 Å². The highest BCUT2D eigenvalue weighted by molar-refractivity contribution is 6.33. The molecule has 2 unspecified atom stereocenters. The number of hydrogen-bond acceptors (Lipinski definition) is 2. The second-order valence-corrected chi connectivity index (χ2v) is 11.9. The summed E-state index contributed by atoms with van der Waals surface area (Å²) < 4.78 is 0. The van der Waals surface area contributed by atoms with Crippen LogP contribution in [-0.4, -0.2) is 24.5 Å². The zero-order chi connectivity index (χ0) is 25.9. The molecule has 2 heterocycles. The average Bonchev–Trinajstić information content (AvgIpc) is 3.39. The van der Waals surface area contributed by atoms with Gasteiger partial charge in [0.25, 0.3) is 0 Å². The summed E-state index contributed by atoms with van der Waals surface area (Å²) in [5.41, 5.74) is 8.81. The number of benzene rings is 1. The molecule has 1 aromatic carbocycles. The molecule has 0 saturated carbocycles. The number of allylic oxidation sites excluding steroid dienone is 10. The lowest BCUT2D eigenvalue weighted by molar-refractivity contribution is 0.361. The van der Waals surface area contributed by atoms with Gasteiger partial charge in [-0.25, -0.2) is 0 Å². The molecule has 0 aromatic heterocycles. The number of halogens is 1. The zero-order valence-electron chi connectivity index (χ0n) is 22.7. The third-order valence-corrected chi connectivity index (χ3v) is 10.0. The summed E-state index contributed by atoms with van der Waals surface area (Å²) in [5.74, 6) is 0. The molecular weight excluding hydrogens is 460 g/mol. The van der Waals surface area contributed by atoms with Crippen LogP contribution in [0.2, 0.25) is 0 Å². The minimum absolute atomic E-state index is 0.00801. The summed E-state index contributed by atoms with van der Waals surface area (Å²) in [7, 11) is 4.38. The molecule has 0 radical (unpaired) electrons. The van der Waals surface area contributed by atoms with Crippen LogP contribution < -0.4 is 4.90 Å². The van der Waals surface area contributed by atoms with Crippen LogP contribution in [0.1, 0.15) is 58.9 Å². The van der Waals surface area contributed by atoms with E-state index in [2.05, 4.69) is 125 Å². The van der Waals surface area contributed by atoms with E-state index in [1.54, 1.807) is 0 Å². The van der Waals surface area contributed by atoms with Crippen molar-refractivity contribution in [3.63, 3.8) is 0 Å². The van der Waals surface area contributed by atoms with E-state index in [1.165, 1.54) is 39.4 Å². The highest BCUT2D eigenvalue weighted by Crippen LogP contribution is 2.53. The van der Waals surface area contributed by atoms with Crippen LogP contribution in [0.25, 0.3) is 0 Å². The van der Waals surface area contributed by atoms with E-state index in [4.69, 9.17) is 11.6 Å². The van der Waals surface area contributed by atoms with E-state index < -0.39 is 0 Å². The predicted molar refractivity (Wildman–Crippen MR) is 155 cm³/mol. The fraction of sp³-hybridized carbons (Fsp3) is 0.394. The first-order valence-electron chi connectivity index (χ1n) is 13.2. The lowest BCUT2D eigenvalue weighted by Crippen LogP contribution is -2.50. The fourth-order valence-electron chi connectivity index (χ4n) is 6.58. The Labute approximate surface area is 222 Å². The van der Waals surface area contributed by atoms with Gasteiger partial charge in [0.15, 0.2) is 0 Å². The number of fused-ring (bicyclic) bond motifs is 2. The molecule has 2 aliphatic heterocycles. The van der Waals surface area contributed by atoms with E-state index in [1.807, 2.05) is 0 Å². The van der Waals surface area contributed by atoms with Crippen molar-refractivity contribution in [3.8, 4) is 0 Å². The number of hydrogen-bond donors (Lipinski definition) is 0. The number of likely N-dealkylation sites (N-methyl/N-ethyl adjacent to an activating group) is 2. The smallest absolute Gasteiger partial charge is 0.0648 e. The average molecular weight is 499 g/mol. The molecule has 4 aliphatic rings. The Morgan fingerprint density at radius 3 is 2.42 bits per heavy atom. The Hall–Kier alpha value is -2.71. The van der Waals surface area contributed by atoms with Crippen molar-refractivity contribution in [3.05, 3.63) is 112 Å². The van der Waals surface area contributed by atoms with Gasteiger partial charge in [0, 0.05) is 41.6 Å². The van der Waals surface area contributed by atoms with Crippen LogP contribution in [0.15, 0.2) is 107 Å². The summed E-state index contributed by atoms with van der Waals surface area (Å²) in [6, 6.07) is 8.77. The van der Waals surface area contributed by atoms with Crippen molar-refractivity contribution < 1.29 is 0 Å². The van der Waals surface area contributed by atoms with E-state index in [0.29, 0.717) is 0 Å². The number of likely N-dealkylation sites (tertiary alicyclic amines) is 1. The normalized spacial score (nSPS) is 31.4. The molecule has 1 fully saturated rings. The summed E-state index contributed by atoms with van der Waals surface area (Å²) in [6.45, 7) is 13.5. The third kappa shape index (κ3) is 3.44. The molecule has 2 aliphatic carbocycles. The minimum atomic E-state index is -0.169. The first-order chi connectivity index (χ1) is 17.1. The monoisotopic (exact) mass is 498 g/mol. The van der Waals surface area contributed by atoms with Gasteiger partial charge >= 0.3 is 0 Å². The zero-order valence-corrected chi connectivity index (χ0v) is 23.4. The van der Waals surface area contributed by atoms with Gasteiger partial charge in [0.1, 0.15) is 0 Å². The summed E-state index contributed by atoms with van der Waals surface area (Å²) in [6.07, 6.45) is 20.1. The van der Waals surface area contributed by atoms with Gasteiger partial charge in [-0.2, -0.15) is 0 Å². The van der Waals surface area contributed by atoms with Gasteiger partial charge in [-0.05, 0) is 74.0 Å². The van der Waals surface area contributed by atoms with E-state index in [9.17, 15) is 0 Å². The van der Waals surface area contributed by atoms with Crippen LogP contribution in [0.5, 0.6) is 0 Å². The van der Waals surface area contributed by atoms with Gasteiger partial charge in [0.05, 0.1) is 11.0 Å². The van der Waals surface area contributed by atoms with Crippen LogP contribution in [0, 0.1) is 5.41 Å². The Kier molecular flexibility index (Phi) is 6.03. The Balaban J connectivity index is 1.44. The second kappa shape index (κ2) is 8.70. The molecular formula is C33H39ClN2. The number of nitrogens with zero attached hydrogens (tertiary/aromatic N) is 2.